The van der Waals surface area contributed by atoms with E-state index in [2.05, 4.69) is 76.7 Å². The first-order valence-electron chi connectivity index (χ1n) is 12.6. The van der Waals surface area contributed by atoms with Crippen LogP contribution in [0.4, 0.5) is 0 Å². The molecule has 0 bridgehead atoms. The van der Waals surface area contributed by atoms with Gasteiger partial charge in [0.15, 0.2) is 0 Å². The molecule has 2 aromatic carbocycles. The lowest BCUT2D eigenvalue weighted by Gasteiger charge is -2.34. The molecule has 7 rings (SSSR count). The predicted octanol–water partition coefficient (Wildman–Crippen LogP) is 7.02. The molecule has 1 aliphatic heterocycles. The van der Waals surface area contributed by atoms with E-state index in [4.69, 9.17) is 9.98 Å². The van der Waals surface area contributed by atoms with Crippen molar-refractivity contribution in [3.8, 4) is 22.5 Å². The van der Waals surface area contributed by atoms with Gasteiger partial charge < -0.3 is 0 Å². The minimum atomic E-state index is -0.640. The molecule has 0 saturated carbocycles. The van der Waals surface area contributed by atoms with Gasteiger partial charge in [-0.3, -0.25) is 15.0 Å². The summed E-state index contributed by atoms with van der Waals surface area (Å²) in [6.45, 7) is 0. The van der Waals surface area contributed by atoms with E-state index in [0.29, 0.717) is 0 Å². The summed E-state index contributed by atoms with van der Waals surface area (Å²) >= 11 is 0. The third kappa shape index (κ3) is 3.37. The molecule has 37 heavy (non-hydrogen) atoms. The summed E-state index contributed by atoms with van der Waals surface area (Å²) in [5.74, 6) is 0. The number of pyridine rings is 3. The number of fused-ring (bicyclic) bond motifs is 3. The van der Waals surface area contributed by atoms with E-state index in [1.54, 1.807) is 0 Å². The highest BCUT2D eigenvalue weighted by Gasteiger charge is 2.49. The molecule has 0 atom stereocenters. The van der Waals surface area contributed by atoms with Gasteiger partial charge in [0.05, 0.1) is 34.2 Å². The van der Waals surface area contributed by atoms with Crippen molar-refractivity contribution in [2.24, 2.45) is 4.99 Å². The molecule has 3 aromatic heterocycles. The van der Waals surface area contributed by atoms with Crippen LogP contribution >= 0.6 is 0 Å². The maximum atomic E-state index is 5.34. The van der Waals surface area contributed by atoms with E-state index in [9.17, 15) is 0 Å². The Morgan fingerprint density at radius 3 is 1.86 bits per heavy atom. The zero-order valence-corrected chi connectivity index (χ0v) is 20.3. The first-order chi connectivity index (χ1) is 18.4. The van der Waals surface area contributed by atoms with Gasteiger partial charge in [0.2, 0.25) is 0 Å². The molecular weight excluding hydrogens is 452 g/mol. The number of benzene rings is 2. The van der Waals surface area contributed by atoms with E-state index in [1.165, 1.54) is 22.3 Å². The van der Waals surface area contributed by atoms with E-state index < -0.39 is 5.41 Å². The number of hydrogen-bond donors (Lipinski definition) is 0. The standard InChI is InChI=1S/C33H24N4/c1-3-13-25-23(11-1)24-12-2-4-14-26(24)33(25,31-19-9-17-29(36-31)27-15-5-7-21-34-27)32-20-10-18-30(37-32)28-16-6-8-22-35-28/h1-9,11-17,19-22H,10,18H2. The SMILES string of the molecule is C1=C(C2(c3cccc(-c4ccccn4)n3)c3ccccc3-c3ccccc32)N=C(c2ccccn2)CC1. The van der Waals surface area contributed by atoms with E-state index >= 15 is 0 Å². The van der Waals surface area contributed by atoms with Crippen molar-refractivity contribution < 1.29 is 0 Å². The molecule has 0 saturated heterocycles. The minimum absolute atomic E-state index is 0.640. The van der Waals surface area contributed by atoms with Crippen molar-refractivity contribution in [3.05, 3.63) is 150 Å². The highest BCUT2D eigenvalue weighted by molar-refractivity contribution is 6.01. The second-order valence-corrected chi connectivity index (χ2v) is 9.37. The Morgan fingerprint density at radius 1 is 0.568 bits per heavy atom. The van der Waals surface area contributed by atoms with Crippen molar-refractivity contribution in [3.63, 3.8) is 0 Å². The fraction of sp³-hybridized carbons (Fsp3) is 0.0909. The zero-order valence-electron chi connectivity index (χ0n) is 20.3. The van der Waals surface area contributed by atoms with Gasteiger partial charge in [-0.25, -0.2) is 4.98 Å². The van der Waals surface area contributed by atoms with Gasteiger partial charge in [-0.15, -0.1) is 0 Å². The average molecular weight is 477 g/mol. The minimum Gasteiger partial charge on any atom is -0.255 e. The molecule has 0 fully saturated rings. The maximum absolute atomic E-state index is 5.34. The molecule has 4 heterocycles. The Balaban J connectivity index is 1.53. The normalized spacial score (nSPS) is 15.4. The highest BCUT2D eigenvalue weighted by atomic mass is 14.9. The van der Waals surface area contributed by atoms with Crippen molar-refractivity contribution in [1.29, 1.82) is 0 Å². The van der Waals surface area contributed by atoms with Crippen molar-refractivity contribution in [2.45, 2.75) is 18.3 Å². The Morgan fingerprint density at radius 2 is 1.19 bits per heavy atom. The third-order valence-corrected chi connectivity index (χ3v) is 7.33. The predicted molar refractivity (Wildman–Crippen MR) is 147 cm³/mol. The summed E-state index contributed by atoms with van der Waals surface area (Å²) in [6.07, 6.45) is 7.70. The highest BCUT2D eigenvalue weighted by Crippen LogP contribution is 2.56. The lowest BCUT2D eigenvalue weighted by atomic mass is 9.71. The Hall–Kier alpha value is -4.70. The summed E-state index contributed by atoms with van der Waals surface area (Å²) in [5.41, 5.74) is 9.83. The monoisotopic (exact) mass is 476 g/mol. The van der Waals surface area contributed by atoms with Gasteiger partial charge in [-0.2, -0.15) is 0 Å². The van der Waals surface area contributed by atoms with Crippen LogP contribution in [0.15, 0.2) is 132 Å². The first kappa shape index (κ1) is 21.6. The average Bonchev–Trinajstić information content (AvgIpc) is 3.30. The number of aromatic nitrogens is 3. The van der Waals surface area contributed by atoms with Crippen LogP contribution in [0.1, 0.15) is 35.4 Å². The van der Waals surface area contributed by atoms with Crippen molar-refractivity contribution in [1.82, 2.24) is 15.0 Å². The molecular formula is C33H24N4. The smallest absolute Gasteiger partial charge is 0.105 e. The summed E-state index contributed by atoms with van der Waals surface area (Å²) in [4.78, 5) is 19.8. The van der Waals surface area contributed by atoms with E-state index in [1.807, 2.05) is 54.9 Å². The molecule has 176 valence electrons. The van der Waals surface area contributed by atoms with Crippen LogP contribution in [0.3, 0.4) is 0 Å². The second kappa shape index (κ2) is 8.75. The van der Waals surface area contributed by atoms with Crippen LogP contribution in [-0.2, 0) is 5.41 Å². The molecule has 0 spiro atoms. The number of aliphatic imine (C=N–C) groups is 1. The Kier molecular flexibility index (Phi) is 5.10. The molecule has 0 unspecified atom stereocenters. The van der Waals surface area contributed by atoms with Gasteiger partial charge >= 0.3 is 0 Å². The van der Waals surface area contributed by atoms with Gasteiger partial charge in [0.25, 0.3) is 0 Å². The fourth-order valence-corrected chi connectivity index (χ4v) is 5.77. The fourth-order valence-electron chi connectivity index (χ4n) is 5.77. The van der Waals surface area contributed by atoms with Crippen molar-refractivity contribution >= 4 is 5.71 Å². The van der Waals surface area contributed by atoms with Crippen LogP contribution in [-0.4, -0.2) is 20.7 Å². The van der Waals surface area contributed by atoms with Gasteiger partial charge in [0.1, 0.15) is 5.41 Å². The lowest BCUT2D eigenvalue weighted by molar-refractivity contribution is 0.694. The van der Waals surface area contributed by atoms with E-state index in [-0.39, 0.29) is 0 Å². The number of hydrogen-bond acceptors (Lipinski definition) is 4. The largest absolute Gasteiger partial charge is 0.255 e. The number of nitrogens with zero attached hydrogens (tertiary/aromatic N) is 4. The first-order valence-corrected chi connectivity index (χ1v) is 12.6. The van der Waals surface area contributed by atoms with Crippen LogP contribution in [0.25, 0.3) is 22.5 Å². The van der Waals surface area contributed by atoms with Crippen LogP contribution in [0.2, 0.25) is 0 Å². The van der Waals surface area contributed by atoms with Gasteiger partial charge in [0, 0.05) is 12.4 Å². The number of rotatable bonds is 4. The van der Waals surface area contributed by atoms with Crippen LogP contribution in [0.5, 0.6) is 0 Å². The summed E-state index contributed by atoms with van der Waals surface area (Å²) in [6, 6.07) is 35.6. The quantitative estimate of drug-likeness (QED) is 0.280. The zero-order chi connectivity index (χ0) is 24.7. The summed E-state index contributed by atoms with van der Waals surface area (Å²) in [5, 5.41) is 0. The molecule has 4 nitrogen and oxygen atoms in total. The molecule has 4 heteroatoms. The Bertz CT molecular complexity index is 1620. The molecule has 1 aliphatic carbocycles. The molecule has 0 radical (unpaired) electrons. The third-order valence-electron chi connectivity index (χ3n) is 7.33. The second-order valence-electron chi connectivity index (χ2n) is 9.37. The molecule has 2 aliphatic rings. The molecule has 0 N–H and O–H groups in total. The Labute approximate surface area is 216 Å². The van der Waals surface area contributed by atoms with Crippen molar-refractivity contribution in [2.75, 3.05) is 0 Å². The maximum Gasteiger partial charge on any atom is 0.105 e. The molecule has 0 amide bonds. The number of allylic oxidation sites excluding steroid dienone is 2. The summed E-state index contributed by atoms with van der Waals surface area (Å²) < 4.78 is 0. The topological polar surface area (TPSA) is 51.0 Å². The molecule has 5 aromatic rings. The lowest BCUT2D eigenvalue weighted by Crippen LogP contribution is -2.32. The van der Waals surface area contributed by atoms with Gasteiger partial charge in [-0.1, -0.05) is 72.8 Å². The summed E-state index contributed by atoms with van der Waals surface area (Å²) in [7, 11) is 0. The van der Waals surface area contributed by atoms with Crippen LogP contribution < -0.4 is 0 Å². The van der Waals surface area contributed by atoms with E-state index in [0.717, 1.165) is 47.0 Å². The van der Waals surface area contributed by atoms with Crippen LogP contribution in [0, 0.1) is 0 Å². The van der Waals surface area contributed by atoms with Gasteiger partial charge in [-0.05, 0) is 71.5 Å².